The third-order valence-electron chi connectivity index (χ3n) is 2.15. The summed E-state index contributed by atoms with van der Waals surface area (Å²) in [7, 11) is 0. The summed E-state index contributed by atoms with van der Waals surface area (Å²) in [6.45, 7) is 0.863. The standard InChI is InChI=1S/C10H9ClF3N5/c11-7-6-8(18-9(17-7)10(12,13)14)15-3-5-19-4-1-2-16-19/h1-2,4,6H,3,5H2,(H,15,17,18). The van der Waals surface area contributed by atoms with E-state index in [-0.39, 0.29) is 11.0 Å². The van der Waals surface area contributed by atoms with E-state index in [1.54, 1.807) is 23.1 Å². The molecule has 0 spiro atoms. The van der Waals surface area contributed by atoms with Crippen LogP contribution in [0.3, 0.4) is 0 Å². The monoisotopic (exact) mass is 291 g/mol. The summed E-state index contributed by atoms with van der Waals surface area (Å²) in [6, 6.07) is 2.99. The van der Waals surface area contributed by atoms with Gasteiger partial charge in [0, 0.05) is 25.0 Å². The van der Waals surface area contributed by atoms with Crippen LogP contribution in [0.5, 0.6) is 0 Å². The molecule has 0 fully saturated rings. The normalized spacial score (nSPS) is 11.6. The first-order valence-corrected chi connectivity index (χ1v) is 5.66. The number of hydrogen-bond acceptors (Lipinski definition) is 4. The van der Waals surface area contributed by atoms with Crippen molar-refractivity contribution in [3.63, 3.8) is 0 Å². The minimum Gasteiger partial charge on any atom is -0.368 e. The maximum atomic E-state index is 12.5. The molecule has 102 valence electrons. The molecule has 1 N–H and O–H groups in total. The van der Waals surface area contributed by atoms with Crippen LogP contribution in [0.4, 0.5) is 19.0 Å². The molecule has 2 aromatic heterocycles. The van der Waals surface area contributed by atoms with Gasteiger partial charge in [-0.25, -0.2) is 9.97 Å². The smallest absolute Gasteiger partial charge is 0.368 e. The largest absolute Gasteiger partial charge is 0.451 e. The highest BCUT2D eigenvalue weighted by atomic mass is 35.5. The first-order chi connectivity index (χ1) is 8.95. The fourth-order valence-corrected chi connectivity index (χ4v) is 1.55. The van der Waals surface area contributed by atoms with E-state index < -0.39 is 12.0 Å². The van der Waals surface area contributed by atoms with E-state index >= 15 is 0 Å². The molecular weight excluding hydrogens is 283 g/mol. The Balaban J connectivity index is 2.02. The molecule has 0 radical (unpaired) electrons. The van der Waals surface area contributed by atoms with Gasteiger partial charge in [-0.05, 0) is 6.07 Å². The van der Waals surface area contributed by atoms with E-state index in [1.807, 2.05) is 0 Å². The SMILES string of the molecule is FC(F)(F)c1nc(Cl)cc(NCCn2cccn2)n1. The number of aromatic nitrogens is 4. The van der Waals surface area contributed by atoms with Crippen molar-refractivity contribution in [2.24, 2.45) is 0 Å². The molecule has 0 saturated heterocycles. The lowest BCUT2D eigenvalue weighted by Crippen LogP contribution is -2.15. The van der Waals surface area contributed by atoms with Crippen molar-refractivity contribution >= 4 is 17.4 Å². The van der Waals surface area contributed by atoms with Gasteiger partial charge in [0.1, 0.15) is 11.0 Å². The van der Waals surface area contributed by atoms with Crippen LogP contribution in [0.2, 0.25) is 5.15 Å². The number of nitrogens with zero attached hydrogens (tertiary/aromatic N) is 4. The lowest BCUT2D eigenvalue weighted by atomic mass is 10.5. The summed E-state index contributed by atoms with van der Waals surface area (Å²) in [5.74, 6) is -1.24. The van der Waals surface area contributed by atoms with Gasteiger partial charge in [0.15, 0.2) is 0 Å². The topological polar surface area (TPSA) is 55.6 Å². The van der Waals surface area contributed by atoms with Gasteiger partial charge >= 0.3 is 6.18 Å². The summed E-state index contributed by atoms with van der Waals surface area (Å²) in [6.07, 6.45) is -1.26. The second-order valence-electron chi connectivity index (χ2n) is 3.59. The molecule has 2 rings (SSSR count). The Bertz CT molecular complexity index is 541. The highest BCUT2D eigenvalue weighted by Crippen LogP contribution is 2.28. The molecule has 0 saturated carbocycles. The van der Waals surface area contributed by atoms with Crippen LogP contribution in [0.25, 0.3) is 0 Å². The highest BCUT2D eigenvalue weighted by Gasteiger charge is 2.35. The number of alkyl halides is 3. The van der Waals surface area contributed by atoms with E-state index in [4.69, 9.17) is 11.6 Å². The molecule has 0 aromatic carbocycles. The number of anilines is 1. The molecule has 0 aliphatic heterocycles. The Morgan fingerprint density at radius 1 is 1.32 bits per heavy atom. The van der Waals surface area contributed by atoms with Crippen LogP contribution in [-0.2, 0) is 12.7 Å². The van der Waals surface area contributed by atoms with E-state index in [0.717, 1.165) is 0 Å². The Labute approximate surface area is 111 Å². The van der Waals surface area contributed by atoms with Crippen molar-refractivity contribution in [3.05, 3.63) is 35.5 Å². The maximum absolute atomic E-state index is 12.5. The fourth-order valence-electron chi connectivity index (χ4n) is 1.37. The number of halogens is 4. The lowest BCUT2D eigenvalue weighted by molar-refractivity contribution is -0.144. The van der Waals surface area contributed by atoms with Crippen LogP contribution in [0.1, 0.15) is 5.82 Å². The molecule has 2 aromatic rings. The average molecular weight is 292 g/mol. The molecule has 0 unspecified atom stereocenters. The van der Waals surface area contributed by atoms with Crippen molar-refractivity contribution in [3.8, 4) is 0 Å². The summed E-state index contributed by atoms with van der Waals surface area (Å²) >= 11 is 5.53. The second-order valence-corrected chi connectivity index (χ2v) is 3.98. The Morgan fingerprint density at radius 2 is 2.11 bits per heavy atom. The van der Waals surface area contributed by atoms with Gasteiger partial charge in [-0.15, -0.1) is 0 Å². The van der Waals surface area contributed by atoms with Crippen molar-refractivity contribution < 1.29 is 13.2 Å². The average Bonchev–Trinajstić information content (AvgIpc) is 2.80. The van der Waals surface area contributed by atoms with Gasteiger partial charge in [0.25, 0.3) is 0 Å². The van der Waals surface area contributed by atoms with E-state index in [2.05, 4.69) is 20.4 Å². The van der Waals surface area contributed by atoms with Crippen molar-refractivity contribution in [1.29, 1.82) is 0 Å². The zero-order chi connectivity index (χ0) is 13.9. The first kappa shape index (κ1) is 13.6. The molecule has 2 heterocycles. The van der Waals surface area contributed by atoms with Gasteiger partial charge in [0.05, 0.1) is 6.54 Å². The minimum absolute atomic E-state index is 0.0273. The van der Waals surface area contributed by atoms with Gasteiger partial charge in [-0.3, -0.25) is 4.68 Å². The summed E-state index contributed by atoms with van der Waals surface area (Å²) in [4.78, 5) is 6.50. The molecule has 19 heavy (non-hydrogen) atoms. The van der Waals surface area contributed by atoms with Crippen molar-refractivity contribution in [1.82, 2.24) is 19.7 Å². The second kappa shape index (κ2) is 5.43. The predicted molar refractivity (Wildman–Crippen MR) is 62.8 cm³/mol. The third kappa shape index (κ3) is 3.82. The fraction of sp³-hybridized carbons (Fsp3) is 0.300. The zero-order valence-electron chi connectivity index (χ0n) is 9.52. The molecular formula is C10H9ClF3N5. The van der Waals surface area contributed by atoms with Crippen LogP contribution >= 0.6 is 11.6 Å². The van der Waals surface area contributed by atoms with E-state index in [0.29, 0.717) is 13.1 Å². The molecule has 9 heteroatoms. The van der Waals surface area contributed by atoms with E-state index in [9.17, 15) is 13.2 Å². The molecule has 0 atom stereocenters. The summed E-state index contributed by atoms with van der Waals surface area (Å²) < 4.78 is 39.0. The summed E-state index contributed by atoms with van der Waals surface area (Å²) in [5, 5.41) is 6.44. The zero-order valence-corrected chi connectivity index (χ0v) is 10.3. The Morgan fingerprint density at radius 3 is 2.74 bits per heavy atom. The molecule has 0 aliphatic carbocycles. The van der Waals surface area contributed by atoms with Crippen LogP contribution in [0, 0.1) is 0 Å². The first-order valence-electron chi connectivity index (χ1n) is 5.28. The lowest BCUT2D eigenvalue weighted by Gasteiger charge is -2.09. The van der Waals surface area contributed by atoms with Crippen molar-refractivity contribution in [2.45, 2.75) is 12.7 Å². The van der Waals surface area contributed by atoms with Gasteiger partial charge in [-0.2, -0.15) is 18.3 Å². The van der Waals surface area contributed by atoms with Crippen LogP contribution in [-0.4, -0.2) is 26.3 Å². The molecule has 0 amide bonds. The molecule has 5 nitrogen and oxygen atoms in total. The molecule has 0 aliphatic rings. The maximum Gasteiger partial charge on any atom is 0.451 e. The van der Waals surface area contributed by atoms with Crippen LogP contribution in [0.15, 0.2) is 24.5 Å². The predicted octanol–water partition coefficient (Wildman–Crippen LogP) is 2.46. The Kier molecular flexibility index (Phi) is 3.89. The minimum atomic E-state index is -4.62. The third-order valence-corrected chi connectivity index (χ3v) is 2.35. The number of hydrogen-bond donors (Lipinski definition) is 1. The highest BCUT2D eigenvalue weighted by molar-refractivity contribution is 6.29. The van der Waals surface area contributed by atoms with E-state index in [1.165, 1.54) is 6.07 Å². The van der Waals surface area contributed by atoms with Crippen LogP contribution < -0.4 is 5.32 Å². The van der Waals surface area contributed by atoms with Crippen molar-refractivity contribution in [2.75, 3.05) is 11.9 Å². The van der Waals surface area contributed by atoms with Gasteiger partial charge in [0.2, 0.25) is 5.82 Å². The Hall–Kier alpha value is -1.83. The number of nitrogens with one attached hydrogen (secondary N) is 1. The number of rotatable bonds is 4. The van der Waals surface area contributed by atoms with Gasteiger partial charge < -0.3 is 5.32 Å². The molecule has 0 bridgehead atoms. The van der Waals surface area contributed by atoms with Gasteiger partial charge in [-0.1, -0.05) is 11.6 Å². The quantitative estimate of drug-likeness (QED) is 0.879. The summed E-state index contributed by atoms with van der Waals surface area (Å²) in [5.41, 5.74) is 0.